The second-order valence-electron chi connectivity index (χ2n) is 9.36. The van der Waals surface area contributed by atoms with Crippen LogP contribution in [-0.2, 0) is 7.05 Å². The number of benzene rings is 1. The first-order chi connectivity index (χ1) is 15.7. The highest BCUT2D eigenvalue weighted by molar-refractivity contribution is 6.05. The minimum atomic E-state index is 0.150. The van der Waals surface area contributed by atoms with Crippen molar-refractivity contribution in [1.29, 1.82) is 0 Å². The Morgan fingerprint density at radius 2 is 1.84 bits per heavy atom. The first-order valence-corrected chi connectivity index (χ1v) is 12.1. The fourth-order valence-corrected chi connectivity index (χ4v) is 5.33. The Kier molecular flexibility index (Phi) is 6.21. The van der Waals surface area contributed by atoms with E-state index in [2.05, 4.69) is 57.8 Å². The van der Waals surface area contributed by atoms with Crippen molar-refractivity contribution in [2.75, 3.05) is 31.1 Å². The lowest BCUT2D eigenvalue weighted by Gasteiger charge is -2.22. The maximum absolute atomic E-state index is 13.0. The molecule has 1 aromatic carbocycles. The number of ketones is 1. The molecule has 0 aliphatic carbocycles. The molecule has 168 valence electrons. The number of piperidine rings is 1. The van der Waals surface area contributed by atoms with Crippen LogP contribution in [0.4, 0.5) is 5.82 Å². The lowest BCUT2D eigenvalue weighted by Crippen LogP contribution is -2.29. The molecule has 0 radical (unpaired) electrons. The number of pyridine rings is 1. The van der Waals surface area contributed by atoms with E-state index in [4.69, 9.17) is 4.98 Å². The maximum Gasteiger partial charge on any atom is 0.184 e. The number of nitrogens with one attached hydrogen (secondary N) is 1. The van der Waals surface area contributed by atoms with Crippen molar-refractivity contribution in [3.63, 3.8) is 0 Å². The number of aryl methyl sites for hydroxylation is 1. The van der Waals surface area contributed by atoms with Gasteiger partial charge in [0.15, 0.2) is 11.4 Å². The van der Waals surface area contributed by atoms with Gasteiger partial charge in [-0.25, -0.2) is 9.67 Å². The van der Waals surface area contributed by atoms with E-state index in [1.165, 1.54) is 12.0 Å². The number of Topliss-reactive ketones (excluding diaryl/α,β-unsaturated/α-hetero) is 1. The van der Waals surface area contributed by atoms with Gasteiger partial charge in [-0.3, -0.25) is 4.79 Å². The summed E-state index contributed by atoms with van der Waals surface area (Å²) in [5.41, 5.74) is 2.83. The summed E-state index contributed by atoms with van der Waals surface area (Å²) in [5.74, 6) is 2.22. The minimum Gasteiger partial charge on any atom is -0.357 e. The summed E-state index contributed by atoms with van der Waals surface area (Å²) < 4.78 is 1.78. The van der Waals surface area contributed by atoms with Gasteiger partial charge in [0.25, 0.3) is 0 Å². The molecule has 0 saturated carbocycles. The topological polar surface area (TPSA) is 63.1 Å². The van der Waals surface area contributed by atoms with Crippen molar-refractivity contribution in [2.24, 2.45) is 13.0 Å². The summed E-state index contributed by atoms with van der Waals surface area (Å²) in [7, 11) is 1.90. The van der Waals surface area contributed by atoms with Crippen molar-refractivity contribution < 1.29 is 4.79 Å². The smallest absolute Gasteiger partial charge is 0.184 e. The highest BCUT2D eigenvalue weighted by Crippen LogP contribution is 2.30. The molecule has 0 bridgehead atoms. The second-order valence-corrected chi connectivity index (χ2v) is 9.36. The number of fused-ring (bicyclic) bond motifs is 1. The molecule has 2 aliphatic heterocycles. The molecule has 6 heteroatoms. The van der Waals surface area contributed by atoms with Gasteiger partial charge in [0.05, 0.1) is 5.39 Å². The van der Waals surface area contributed by atoms with Gasteiger partial charge in [0, 0.05) is 26.6 Å². The standard InChI is InChI=1S/C26H33N5O/c1-30-26-22(25(29-30)23(32)18-19-11-14-27-15-12-19)9-10-24(28-26)31-16-5-8-21(13-17-31)20-6-3-2-4-7-20/h2-4,6-7,9-10,19,21,27H,5,8,11-18H2,1H3. The fraction of sp³-hybridized carbons (Fsp3) is 0.500. The molecule has 0 amide bonds. The summed E-state index contributed by atoms with van der Waals surface area (Å²) in [6.07, 6.45) is 6.22. The molecule has 2 saturated heterocycles. The Hall–Kier alpha value is -2.73. The fourth-order valence-electron chi connectivity index (χ4n) is 5.33. The van der Waals surface area contributed by atoms with E-state index in [9.17, 15) is 4.79 Å². The van der Waals surface area contributed by atoms with Crippen LogP contribution in [0.25, 0.3) is 11.0 Å². The maximum atomic E-state index is 13.0. The predicted octanol–water partition coefficient (Wildman–Crippen LogP) is 4.31. The monoisotopic (exact) mass is 431 g/mol. The van der Waals surface area contributed by atoms with E-state index < -0.39 is 0 Å². The van der Waals surface area contributed by atoms with Crippen molar-refractivity contribution in [1.82, 2.24) is 20.1 Å². The Morgan fingerprint density at radius 1 is 1.03 bits per heavy atom. The third-order valence-electron chi connectivity index (χ3n) is 7.19. The van der Waals surface area contributed by atoms with E-state index in [0.29, 0.717) is 24.0 Å². The molecule has 5 rings (SSSR count). The number of anilines is 1. The zero-order valence-electron chi connectivity index (χ0n) is 19.0. The zero-order chi connectivity index (χ0) is 21.9. The predicted molar refractivity (Wildman–Crippen MR) is 128 cm³/mol. The van der Waals surface area contributed by atoms with Crippen LogP contribution < -0.4 is 10.2 Å². The minimum absolute atomic E-state index is 0.150. The molecule has 6 nitrogen and oxygen atoms in total. The zero-order valence-corrected chi connectivity index (χ0v) is 19.0. The summed E-state index contributed by atoms with van der Waals surface area (Å²) in [5, 5.41) is 8.83. The van der Waals surface area contributed by atoms with Crippen LogP contribution in [0.5, 0.6) is 0 Å². The van der Waals surface area contributed by atoms with E-state index in [-0.39, 0.29) is 5.78 Å². The van der Waals surface area contributed by atoms with Crippen LogP contribution in [0.2, 0.25) is 0 Å². The molecule has 1 atom stereocenters. The third-order valence-corrected chi connectivity index (χ3v) is 7.19. The molecular formula is C26H33N5O. The molecule has 2 aromatic heterocycles. The van der Waals surface area contributed by atoms with Crippen LogP contribution in [0.15, 0.2) is 42.5 Å². The highest BCUT2D eigenvalue weighted by Gasteiger charge is 2.24. The van der Waals surface area contributed by atoms with Gasteiger partial charge in [0.1, 0.15) is 11.5 Å². The number of carbonyl (C=O) groups excluding carboxylic acids is 1. The largest absolute Gasteiger partial charge is 0.357 e. The van der Waals surface area contributed by atoms with Crippen LogP contribution in [0.3, 0.4) is 0 Å². The average Bonchev–Trinajstić information content (AvgIpc) is 2.99. The Morgan fingerprint density at radius 3 is 2.66 bits per heavy atom. The number of hydrogen-bond donors (Lipinski definition) is 1. The van der Waals surface area contributed by atoms with E-state index in [0.717, 1.165) is 68.7 Å². The van der Waals surface area contributed by atoms with Gasteiger partial charge < -0.3 is 10.2 Å². The lowest BCUT2D eigenvalue weighted by atomic mass is 9.91. The summed E-state index contributed by atoms with van der Waals surface area (Å²) in [6, 6.07) is 15.0. The molecular weight excluding hydrogens is 398 g/mol. The van der Waals surface area contributed by atoms with E-state index >= 15 is 0 Å². The molecule has 1 unspecified atom stereocenters. The van der Waals surface area contributed by atoms with Gasteiger partial charge >= 0.3 is 0 Å². The summed E-state index contributed by atoms with van der Waals surface area (Å²) in [6.45, 7) is 4.03. The van der Waals surface area contributed by atoms with Gasteiger partial charge in [-0.1, -0.05) is 30.3 Å². The Balaban J connectivity index is 1.32. The highest BCUT2D eigenvalue weighted by atomic mass is 16.1. The van der Waals surface area contributed by atoms with Crippen molar-refractivity contribution in [2.45, 2.75) is 44.4 Å². The lowest BCUT2D eigenvalue weighted by molar-refractivity contribution is 0.0948. The number of nitrogens with zero attached hydrogens (tertiary/aromatic N) is 4. The van der Waals surface area contributed by atoms with E-state index in [1.54, 1.807) is 4.68 Å². The van der Waals surface area contributed by atoms with Crippen LogP contribution in [-0.4, -0.2) is 46.7 Å². The van der Waals surface area contributed by atoms with Crippen molar-refractivity contribution >= 4 is 22.6 Å². The van der Waals surface area contributed by atoms with Gasteiger partial charge in [-0.15, -0.1) is 0 Å². The molecule has 0 spiro atoms. The molecule has 2 aliphatic rings. The first-order valence-electron chi connectivity index (χ1n) is 12.1. The van der Waals surface area contributed by atoms with E-state index in [1.807, 2.05) is 7.05 Å². The second kappa shape index (κ2) is 9.41. The van der Waals surface area contributed by atoms with Crippen LogP contribution >= 0.6 is 0 Å². The summed E-state index contributed by atoms with van der Waals surface area (Å²) >= 11 is 0. The normalized spacial score (nSPS) is 20.4. The number of rotatable bonds is 5. The number of carbonyl (C=O) groups is 1. The molecule has 4 heterocycles. The average molecular weight is 432 g/mol. The third kappa shape index (κ3) is 4.42. The number of aromatic nitrogens is 3. The van der Waals surface area contributed by atoms with Crippen molar-refractivity contribution in [3.05, 3.63) is 53.7 Å². The molecule has 32 heavy (non-hydrogen) atoms. The SMILES string of the molecule is Cn1nc(C(=O)CC2CCNCC2)c2ccc(N3CCCC(c4ccccc4)CC3)nc21. The number of hydrogen-bond acceptors (Lipinski definition) is 5. The van der Waals surface area contributed by atoms with Crippen LogP contribution in [0.1, 0.15) is 60.5 Å². The van der Waals surface area contributed by atoms with Crippen molar-refractivity contribution in [3.8, 4) is 0 Å². The van der Waals surface area contributed by atoms with Crippen LogP contribution in [0, 0.1) is 5.92 Å². The first kappa shape index (κ1) is 21.1. The van der Waals surface area contributed by atoms with Gasteiger partial charge in [-0.2, -0.15) is 5.10 Å². The molecule has 3 aromatic rings. The van der Waals surface area contributed by atoms with Gasteiger partial charge in [-0.05, 0) is 74.7 Å². The summed E-state index contributed by atoms with van der Waals surface area (Å²) in [4.78, 5) is 20.4. The van der Waals surface area contributed by atoms with Gasteiger partial charge in [0.2, 0.25) is 0 Å². The molecule has 1 N–H and O–H groups in total. The quantitative estimate of drug-likeness (QED) is 0.610. The Labute approximate surface area is 190 Å². The molecule has 2 fully saturated rings. The Bertz CT molecular complexity index is 1070.